The van der Waals surface area contributed by atoms with Crippen molar-refractivity contribution in [3.63, 3.8) is 0 Å². The first-order chi connectivity index (χ1) is 50.3. The summed E-state index contributed by atoms with van der Waals surface area (Å²) < 4.78 is 0. The van der Waals surface area contributed by atoms with Gasteiger partial charge in [-0.3, -0.25) is 9.59 Å². The van der Waals surface area contributed by atoms with Crippen LogP contribution in [-0.2, 0) is 32.0 Å². The van der Waals surface area contributed by atoms with Crippen molar-refractivity contribution in [3.8, 4) is 18.2 Å². The summed E-state index contributed by atoms with van der Waals surface area (Å²) in [6, 6.07) is 35.6. The van der Waals surface area contributed by atoms with Gasteiger partial charge in [0.05, 0.1) is 85.9 Å². The zero-order chi connectivity index (χ0) is 80.8. The first-order valence-electron chi connectivity index (χ1n) is 36.1. The molecule has 110 heavy (non-hydrogen) atoms. The summed E-state index contributed by atoms with van der Waals surface area (Å²) in [5.74, 6) is -0.0104. The summed E-state index contributed by atoms with van der Waals surface area (Å²) in [6.45, 7) is 12.0. The number of carbonyl (C=O) groups excluding carboxylic acids is 2. The van der Waals surface area contributed by atoms with Crippen LogP contribution in [0.15, 0.2) is 91.0 Å². The Morgan fingerprint density at radius 1 is 0.518 bits per heavy atom. The van der Waals surface area contributed by atoms with Crippen molar-refractivity contribution >= 4 is 196 Å². The second-order valence-electron chi connectivity index (χ2n) is 29.8. The molecule has 28 heteroatoms. The van der Waals surface area contributed by atoms with Gasteiger partial charge in [0.2, 0.25) is 0 Å². The molecule has 10 atom stereocenters. The number of nitrogens with one attached hydrogen (secondary N) is 1. The van der Waals surface area contributed by atoms with Crippen LogP contribution in [0.2, 0.25) is 50.2 Å². The molecule has 11 rings (SSSR count). The largest absolute Gasteiger partial charge is 2.00 e. The molecular weight excluding hydrogens is 1840 g/mol. The number of rotatable bonds is 9. The minimum Gasteiger partial charge on any atom is -1.00 e. The van der Waals surface area contributed by atoms with E-state index < -0.39 is 33.2 Å². The molecule has 0 heterocycles. The molecule has 5 aromatic rings. The fourth-order valence-corrected chi connectivity index (χ4v) is 16.7. The van der Waals surface area contributed by atoms with E-state index in [1.54, 1.807) is 67.6 Å². The topological polar surface area (TPSA) is 228 Å². The van der Waals surface area contributed by atoms with E-state index in [4.69, 9.17) is 155 Å². The van der Waals surface area contributed by atoms with E-state index in [2.05, 4.69) is 85.9 Å². The first kappa shape index (κ1) is 110. The molecule has 12 nitrogen and oxygen atoms in total. The zero-order valence-corrected chi connectivity index (χ0v) is 81.2. The summed E-state index contributed by atoms with van der Waals surface area (Å²) in [6.07, 6.45) is 21.7. The van der Waals surface area contributed by atoms with Gasteiger partial charge in [0.1, 0.15) is 22.7 Å². The first-order valence-corrected chi connectivity index (χ1v) is 43.1. The number of nitrogens with two attached hydrogens (primary N) is 1. The zero-order valence-electron chi connectivity index (χ0n) is 66.0. The summed E-state index contributed by atoms with van der Waals surface area (Å²) in [5.41, 5.74) is 3.33. The molecule has 6 saturated carbocycles. The van der Waals surface area contributed by atoms with Gasteiger partial charge in [0, 0.05) is 48.7 Å². The fourth-order valence-electron chi connectivity index (χ4n) is 15.3. The smallest absolute Gasteiger partial charge is 1.00 e. The summed E-state index contributed by atoms with van der Waals surface area (Å²) >= 11 is 70.9. The van der Waals surface area contributed by atoms with E-state index >= 15 is 0 Å². The molecule has 2 unspecified atom stereocenters. The van der Waals surface area contributed by atoms with E-state index in [1.165, 1.54) is 0 Å². The maximum Gasteiger partial charge on any atom is 2.00 e. The fraction of sp³-hybridized carbons (Fsp3) is 0.573. The van der Waals surface area contributed by atoms with Crippen LogP contribution in [0.1, 0.15) is 212 Å². The minimum atomic E-state index is -1.14. The predicted molar refractivity (Wildman–Crippen MR) is 463 cm³/mol. The van der Waals surface area contributed by atoms with Gasteiger partial charge in [0.15, 0.2) is 5.78 Å². The number of aliphatic hydroxyl groups is 4. The molecule has 6 aliphatic rings. The van der Waals surface area contributed by atoms with Gasteiger partial charge in [-0.25, -0.2) is 0 Å². The number of Topliss-reactive ketones (excluding diaryl/α,β-unsaturated/α-hetero) is 2. The van der Waals surface area contributed by atoms with E-state index in [-0.39, 0.29) is 110 Å². The quantitative estimate of drug-likeness (QED) is 0.0351. The van der Waals surface area contributed by atoms with Gasteiger partial charge in [-0.2, -0.15) is 51.7 Å². The Hall–Kier alpha value is 0.0862. The molecule has 0 aliphatic heterocycles. The average Bonchev–Trinajstić information content (AvgIpc) is 0.772. The van der Waals surface area contributed by atoms with Crippen molar-refractivity contribution in [1.29, 1.82) is 15.8 Å². The standard InChI is InChI=1S/C16H23Cl2NO.C15H21Cl2NO.C14H19Cl2NO.C14H15Cl2NO.C8H11NO.C7H9NO.C6H3Cl2.CH2Cl2.CH3I.BrH.Mg.Na.H/c1-15(11-19(2)3)8-4-5-9-16(15,20)12-6-7-13(17)14(18)10-12;1-14(10-18-2)7-3-4-8-15(14,19)11-5-6-12(16)13(17)9-11;2*1-13(9-17)6-2-3-7-14(13,18)10-4-5-11(15)12(16)8-10;1-8(6-9)5-3-2-4-7(8)10;8-5-6-3-1-2-4-7(6)9;7-5-3-1-2-4-6(5)8;2-1-3;1-2;;;;/h6-7,10,20H,4-5,8-9,11H2,1-3H3;5-6,9,18-19H,3-4,7-8,10H2,1-2H3;4-5,8,18H,2-3,6-7,9,17H2,1H3;4-5,8,18H,2-3,6-7H2,1H3;2-5H2,1H3;6H,1-4H2;1,3-4H;1H2;1H3;1H;;;/q;;;;;;-1;;;;+2;+1;-1/p-1/t15-,16+;14-,15+;2*13-,14+;;;;;;;;;/m0000........./s1. The molecule has 0 aromatic heterocycles. The van der Waals surface area contributed by atoms with Gasteiger partial charge >= 0.3 is 52.6 Å². The average molecular weight is 1950 g/mol. The second kappa shape index (κ2) is 52.3. The van der Waals surface area contributed by atoms with Gasteiger partial charge in [0.25, 0.3) is 0 Å². The molecule has 0 bridgehead atoms. The van der Waals surface area contributed by atoms with Crippen molar-refractivity contribution in [2.45, 2.75) is 211 Å². The summed E-state index contributed by atoms with van der Waals surface area (Å²) in [7, 11) is 6.03. The van der Waals surface area contributed by atoms with Crippen LogP contribution >= 0.6 is 162 Å². The Morgan fingerprint density at radius 3 is 1.20 bits per heavy atom. The number of benzene rings is 5. The van der Waals surface area contributed by atoms with Crippen LogP contribution in [-0.4, -0.2) is 111 Å². The maximum absolute atomic E-state index is 11.4. The Balaban J connectivity index is 0. The molecule has 602 valence electrons. The van der Waals surface area contributed by atoms with E-state index in [1.807, 2.05) is 55.3 Å². The number of halogens is 14. The normalized spacial score (nSPS) is 27.7. The number of ketones is 2. The SMILES string of the molecule is CC1(C#N)CCCCC1=O.CI.CN(C)C[C@]1(C)CCCC[C@@]1(O)c1ccc(Cl)c(Cl)c1.CNC[C@]1(C)CCCC[C@@]1(O)c1ccc(Cl)c(Cl)c1.C[C@@]1(C#N)CCCC[C@@]1(O)c1ccc(Cl)c(Cl)c1.C[C@@]1(CN)CCCC[C@@]1(O)c1ccc(Cl)c(Cl)c1.ClCCl.Clc1c[c-]ccc1Cl.N#CC1CCCCC1=O.[Br-].[H-].[Mg+2].[Na+]. The second-order valence-corrected chi connectivity index (χ2v) is 34.7. The number of hydrogen-bond donors (Lipinski definition) is 6. The van der Waals surface area contributed by atoms with Crippen molar-refractivity contribution in [2.75, 3.05) is 51.0 Å². The van der Waals surface area contributed by atoms with E-state index in [0.29, 0.717) is 88.0 Å². The van der Waals surface area contributed by atoms with Crippen LogP contribution in [0.25, 0.3) is 0 Å². The van der Waals surface area contributed by atoms with E-state index in [0.717, 1.165) is 158 Å². The molecule has 0 spiro atoms. The monoisotopic (exact) mass is 1940 g/mol. The number of nitrogens with zero attached hydrogens (tertiary/aromatic N) is 4. The Labute approximate surface area is 780 Å². The predicted octanol–water partition coefficient (Wildman–Crippen LogP) is 18.2. The number of hydrogen-bond acceptors (Lipinski definition) is 12. The minimum absolute atomic E-state index is 0. The molecule has 0 radical (unpaired) electrons. The number of nitriles is 3. The van der Waals surface area contributed by atoms with Crippen molar-refractivity contribution in [2.24, 2.45) is 38.7 Å². The molecule has 0 amide bonds. The Bertz CT molecular complexity index is 3800. The third-order valence-corrected chi connectivity index (χ3v) is 25.8. The third-order valence-electron chi connectivity index (χ3n) is 22.1. The molecule has 7 N–H and O–H groups in total. The molecule has 6 aliphatic carbocycles. The van der Waals surface area contributed by atoms with Crippen LogP contribution in [0.4, 0.5) is 0 Å². The van der Waals surface area contributed by atoms with Crippen molar-refractivity contribution < 1.29 is 78.0 Å². The molecule has 5 aromatic carbocycles. The van der Waals surface area contributed by atoms with Gasteiger partial charge in [-0.1, -0.05) is 235 Å². The van der Waals surface area contributed by atoms with Crippen molar-refractivity contribution in [3.05, 3.63) is 170 Å². The van der Waals surface area contributed by atoms with Crippen LogP contribution in [0.3, 0.4) is 0 Å². The summed E-state index contributed by atoms with van der Waals surface area (Å²) in [4.78, 5) is 26.0. The number of carbonyl (C=O) groups is 2. The Morgan fingerprint density at radius 2 is 0.873 bits per heavy atom. The van der Waals surface area contributed by atoms with Crippen LogP contribution in [0, 0.1) is 73.1 Å². The third kappa shape index (κ3) is 29.8. The maximum atomic E-state index is 11.4. The molecular formula is C82H107BrCl12IMgN6NaO6. The van der Waals surface area contributed by atoms with Gasteiger partial charge < -0.3 is 54.8 Å². The molecule has 6 fully saturated rings. The number of alkyl halides is 3. The van der Waals surface area contributed by atoms with Crippen molar-refractivity contribution in [1.82, 2.24) is 10.2 Å². The van der Waals surface area contributed by atoms with Crippen LogP contribution < -0.4 is 57.6 Å². The van der Waals surface area contributed by atoms with Crippen LogP contribution in [0.5, 0.6) is 0 Å². The Kier molecular flexibility index (Phi) is 52.4. The summed E-state index contributed by atoms with van der Waals surface area (Å²) in [5, 5.41) is 79.6. The van der Waals surface area contributed by atoms with E-state index in [9.17, 15) is 35.3 Å². The van der Waals surface area contributed by atoms with Gasteiger partial charge in [-0.05, 0) is 188 Å². The molecule has 0 saturated heterocycles. The van der Waals surface area contributed by atoms with Gasteiger partial charge in [-0.15, -0.1) is 34.8 Å².